The van der Waals surface area contributed by atoms with Crippen molar-refractivity contribution in [3.8, 4) is 0 Å². The highest BCUT2D eigenvalue weighted by molar-refractivity contribution is 5.81. The highest BCUT2D eigenvalue weighted by Crippen LogP contribution is 2.24. The van der Waals surface area contributed by atoms with Crippen LogP contribution >= 0.6 is 0 Å². The van der Waals surface area contributed by atoms with Gasteiger partial charge in [0.2, 0.25) is 0 Å². The molecule has 0 aromatic heterocycles. The third kappa shape index (κ3) is 3.29. The van der Waals surface area contributed by atoms with Crippen LogP contribution in [0.15, 0.2) is 0 Å². The molecule has 1 heterocycles. The number of carbonyl (C=O) groups excluding carboxylic acids is 1. The number of likely N-dealkylation sites (N-methyl/N-ethyl adjacent to an activating group) is 1. The van der Waals surface area contributed by atoms with Gasteiger partial charge in [0, 0.05) is 31.5 Å². The van der Waals surface area contributed by atoms with Crippen molar-refractivity contribution in [3.05, 3.63) is 0 Å². The first kappa shape index (κ1) is 13.0. The fraction of sp³-hybridized carbons (Fsp3) is 0.929. The molecule has 3 atom stereocenters. The number of Topliss-reactive ketones (excluding diaryl/α,β-unsaturated/α-hetero) is 1. The van der Waals surface area contributed by atoms with Crippen LogP contribution in [0, 0.1) is 5.92 Å². The average Bonchev–Trinajstić information content (AvgIpc) is 2.63. The molecule has 3 unspecified atom stereocenters. The summed E-state index contributed by atoms with van der Waals surface area (Å²) < 4.78 is 5.60. The van der Waals surface area contributed by atoms with Crippen molar-refractivity contribution in [3.63, 3.8) is 0 Å². The fourth-order valence-corrected chi connectivity index (χ4v) is 3.21. The van der Waals surface area contributed by atoms with Crippen LogP contribution in [0.3, 0.4) is 0 Å². The largest absolute Gasteiger partial charge is 0.377 e. The number of hydrogen-bond donors (Lipinski definition) is 0. The monoisotopic (exact) mass is 239 g/mol. The molecule has 1 saturated carbocycles. The maximum Gasteiger partial charge on any atom is 0.137 e. The van der Waals surface area contributed by atoms with Gasteiger partial charge in [-0.1, -0.05) is 12.8 Å². The molecule has 2 rings (SSSR count). The predicted octanol–water partition coefficient (Wildman–Crippen LogP) is 2.25. The van der Waals surface area contributed by atoms with E-state index in [0.29, 0.717) is 17.9 Å². The van der Waals surface area contributed by atoms with Crippen molar-refractivity contribution in [2.45, 2.75) is 57.6 Å². The molecule has 0 spiro atoms. The van der Waals surface area contributed by atoms with Crippen LogP contribution in [0.1, 0.15) is 45.4 Å². The van der Waals surface area contributed by atoms with E-state index in [0.717, 1.165) is 38.8 Å². The normalized spacial score (nSPS) is 35.2. The van der Waals surface area contributed by atoms with Gasteiger partial charge in [0.1, 0.15) is 5.78 Å². The van der Waals surface area contributed by atoms with Crippen LogP contribution in [-0.4, -0.2) is 43.0 Å². The number of nitrogens with zero attached hydrogens (tertiary/aromatic N) is 1. The average molecular weight is 239 g/mol. The third-order valence-electron chi connectivity index (χ3n) is 4.34. The third-order valence-corrected chi connectivity index (χ3v) is 4.34. The molecule has 0 aromatic carbocycles. The lowest BCUT2D eigenvalue weighted by atomic mass is 9.97. The Balaban J connectivity index is 1.87. The van der Waals surface area contributed by atoms with E-state index in [-0.39, 0.29) is 5.92 Å². The molecule has 1 aliphatic carbocycles. The Kier molecular flexibility index (Phi) is 4.57. The van der Waals surface area contributed by atoms with Gasteiger partial charge >= 0.3 is 0 Å². The molecule has 1 saturated heterocycles. The topological polar surface area (TPSA) is 29.5 Å². The summed E-state index contributed by atoms with van der Waals surface area (Å²) >= 11 is 0. The second-order valence-corrected chi connectivity index (χ2v) is 5.63. The van der Waals surface area contributed by atoms with Crippen molar-refractivity contribution in [1.29, 1.82) is 0 Å². The van der Waals surface area contributed by atoms with E-state index < -0.39 is 0 Å². The summed E-state index contributed by atoms with van der Waals surface area (Å²) in [7, 11) is 2.15. The van der Waals surface area contributed by atoms with Gasteiger partial charge in [-0.3, -0.25) is 4.79 Å². The zero-order valence-electron chi connectivity index (χ0n) is 11.2. The quantitative estimate of drug-likeness (QED) is 0.707. The predicted molar refractivity (Wildman–Crippen MR) is 68.0 cm³/mol. The summed E-state index contributed by atoms with van der Waals surface area (Å²) in [6, 6.07) is 0.506. The zero-order chi connectivity index (χ0) is 12.3. The molecule has 0 bridgehead atoms. The molecule has 98 valence electrons. The van der Waals surface area contributed by atoms with Crippen molar-refractivity contribution in [1.82, 2.24) is 4.90 Å². The van der Waals surface area contributed by atoms with Crippen LogP contribution in [0.5, 0.6) is 0 Å². The van der Waals surface area contributed by atoms with Gasteiger partial charge in [-0.05, 0) is 33.2 Å². The van der Waals surface area contributed by atoms with E-state index in [1.807, 2.05) is 0 Å². The van der Waals surface area contributed by atoms with E-state index in [2.05, 4.69) is 18.9 Å². The van der Waals surface area contributed by atoms with Gasteiger partial charge in [-0.2, -0.15) is 0 Å². The summed E-state index contributed by atoms with van der Waals surface area (Å²) in [4.78, 5) is 14.3. The van der Waals surface area contributed by atoms with E-state index in [1.54, 1.807) is 0 Å². The Morgan fingerprint density at radius 3 is 2.82 bits per heavy atom. The molecule has 0 N–H and O–H groups in total. The van der Waals surface area contributed by atoms with Crippen LogP contribution < -0.4 is 0 Å². The van der Waals surface area contributed by atoms with Gasteiger partial charge < -0.3 is 9.64 Å². The van der Waals surface area contributed by atoms with Gasteiger partial charge in [0.05, 0.1) is 6.10 Å². The Bertz CT molecular complexity index is 267. The number of ketones is 1. The molecular weight excluding hydrogens is 214 g/mol. The lowest BCUT2D eigenvalue weighted by molar-refractivity contribution is -0.123. The maximum absolute atomic E-state index is 12.0. The summed E-state index contributed by atoms with van der Waals surface area (Å²) in [6.07, 6.45) is 6.87. The van der Waals surface area contributed by atoms with Crippen LogP contribution in [0.4, 0.5) is 0 Å². The summed E-state index contributed by atoms with van der Waals surface area (Å²) in [5.74, 6) is 0.760. The molecule has 2 fully saturated rings. The molecule has 3 nitrogen and oxygen atoms in total. The minimum atomic E-state index is 0.273. The summed E-state index contributed by atoms with van der Waals surface area (Å²) in [5.41, 5.74) is 0. The van der Waals surface area contributed by atoms with Gasteiger partial charge in [0.25, 0.3) is 0 Å². The lowest BCUT2D eigenvalue weighted by Gasteiger charge is -2.29. The molecular formula is C14H25NO2. The first-order valence-corrected chi connectivity index (χ1v) is 7.03. The Morgan fingerprint density at radius 1 is 1.29 bits per heavy atom. The second kappa shape index (κ2) is 5.96. The minimum Gasteiger partial charge on any atom is -0.377 e. The summed E-state index contributed by atoms with van der Waals surface area (Å²) in [5, 5.41) is 0. The number of rotatable bonds is 3. The zero-order valence-corrected chi connectivity index (χ0v) is 11.2. The molecule has 0 radical (unpaired) electrons. The fourth-order valence-electron chi connectivity index (χ4n) is 3.21. The number of hydrogen-bond acceptors (Lipinski definition) is 3. The molecule has 0 amide bonds. The minimum absolute atomic E-state index is 0.273. The van der Waals surface area contributed by atoms with Gasteiger partial charge in [0.15, 0.2) is 0 Å². The highest BCUT2D eigenvalue weighted by Gasteiger charge is 2.30. The van der Waals surface area contributed by atoms with Gasteiger partial charge in [-0.15, -0.1) is 0 Å². The maximum atomic E-state index is 12.0. The first-order valence-electron chi connectivity index (χ1n) is 7.03. The standard InChI is InChI=1S/C14H25NO2/c1-11-13(8-9-17-11)15(2)10-12-6-4-3-5-7-14(12)16/h11-13H,3-10H2,1-2H3. The number of carbonyl (C=O) groups is 1. The van der Waals surface area contributed by atoms with Crippen molar-refractivity contribution in [2.75, 3.05) is 20.2 Å². The Labute approximate surface area is 105 Å². The van der Waals surface area contributed by atoms with Crippen molar-refractivity contribution in [2.24, 2.45) is 5.92 Å². The van der Waals surface area contributed by atoms with E-state index in [9.17, 15) is 4.79 Å². The van der Waals surface area contributed by atoms with Crippen LogP contribution in [-0.2, 0) is 9.53 Å². The molecule has 2 aliphatic rings. The molecule has 1 aliphatic heterocycles. The van der Waals surface area contributed by atoms with Crippen LogP contribution in [0.2, 0.25) is 0 Å². The summed E-state index contributed by atoms with van der Waals surface area (Å²) in [6.45, 7) is 3.94. The number of ether oxygens (including phenoxy) is 1. The second-order valence-electron chi connectivity index (χ2n) is 5.63. The smallest absolute Gasteiger partial charge is 0.137 e. The van der Waals surface area contributed by atoms with Crippen molar-refractivity contribution >= 4 is 5.78 Å². The molecule has 17 heavy (non-hydrogen) atoms. The first-order chi connectivity index (χ1) is 8.18. The van der Waals surface area contributed by atoms with Gasteiger partial charge in [-0.25, -0.2) is 0 Å². The lowest BCUT2D eigenvalue weighted by Crippen LogP contribution is -2.41. The van der Waals surface area contributed by atoms with E-state index in [4.69, 9.17) is 4.74 Å². The Hall–Kier alpha value is -0.410. The SMILES string of the molecule is CC1OCCC1N(C)CC1CCCCCC1=O. The molecule has 3 heteroatoms. The van der Waals surface area contributed by atoms with Crippen molar-refractivity contribution < 1.29 is 9.53 Å². The Morgan fingerprint density at radius 2 is 2.12 bits per heavy atom. The van der Waals surface area contributed by atoms with E-state index >= 15 is 0 Å². The van der Waals surface area contributed by atoms with Crippen LogP contribution in [0.25, 0.3) is 0 Å². The van der Waals surface area contributed by atoms with E-state index in [1.165, 1.54) is 12.8 Å². The molecule has 0 aromatic rings. The highest BCUT2D eigenvalue weighted by atomic mass is 16.5.